The second kappa shape index (κ2) is 52.7. The number of carbonyl (C=O) groups excluding carboxylic acids is 3. The van der Waals surface area contributed by atoms with E-state index in [9.17, 15) is 14.4 Å². The van der Waals surface area contributed by atoms with Gasteiger partial charge in [-0.2, -0.15) is 0 Å². The summed E-state index contributed by atoms with van der Waals surface area (Å²) in [6, 6.07) is 0. The number of allylic oxidation sites excluding steroid dienone is 10. The molecule has 0 bridgehead atoms. The third kappa shape index (κ3) is 50.1. The first kappa shape index (κ1) is 61.1. The summed E-state index contributed by atoms with van der Waals surface area (Å²) in [7, 11) is 0. The molecule has 370 valence electrons. The molecule has 0 spiro atoms. The average Bonchev–Trinajstić information content (AvgIpc) is 3.29. The Morgan fingerprint density at radius 3 is 1.00 bits per heavy atom. The lowest BCUT2D eigenvalue weighted by molar-refractivity contribution is -0.167. The maximum Gasteiger partial charge on any atom is 0.306 e. The summed E-state index contributed by atoms with van der Waals surface area (Å²) < 4.78 is 16.8. The summed E-state index contributed by atoms with van der Waals surface area (Å²) in [5.41, 5.74) is 0. The van der Waals surface area contributed by atoms with Crippen LogP contribution in [0.1, 0.15) is 271 Å². The third-order valence-electron chi connectivity index (χ3n) is 11.8. The van der Waals surface area contributed by atoms with Crippen LogP contribution in [0, 0.1) is 0 Å². The molecule has 0 aromatic carbocycles. The van der Waals surface area contributed by atoms with E-state index in [4.69, 9.17) is 14.2 Å². The molecule has 0 amide bonds. The predicted octanol–water partition coefficient (Wildman–Crippen LogP) is 18.0. The summed E-state index contributed by atoms with van der Waals surface area (Å²) in [5, 5.41) is 0. The fourth-order valence-electron chi connectivity index (χ4n) is 7.67. The normalized spacial score (nSPS) is 12.5. The molecule has 1 atom stereocenters. The molecule has 0 heterocycles. The molecule has 0 saturated heterocycles. The van der Waals surface area contributed by atoms with Crippen LogP contribution in [0.25, 0.3) is 0 Å². The summed E-state index contributed by atoms with van der Waals surface area (Å²) >= 11 is 0. The van der Waals surface area contributed by atoms with Gasteiger partial charge >= 0.3 is 17.9 Å². The fraction of sp³-hybridized carbons (Fsp3) is 0.776. The predicted molar refractivity (Wildman–Crippen MR) is 275 cm³/mol. The molecule has 0 saturated carbocycles. The van der Waals surface area contributed by atoms with Crippen molar-refractivity contribution in [3.8, 4) is 0 Å². The van der Waals surface area contributed by atoms with E-state index in [0.717, 1.165) is 89.9 Å². The Morgan fingerprint density at radius 1 is 0.328 bits per heavy atom. The van der Waals surface area contributed by atoms with Crippen molar-refractivity contribution in [2.75, 3.05) is 13.2 Å². The van der Waals surface area contributed by atoms with E-state index in [1.807, 2.05) is 0 Å². The van der Waals surface area contributed by atoms with Gasteiger partial charge in [-0.15, -0.1) is 0 Å². The minimum Gasteiger partial charge on any atom is -0.462 e. The number of rotatable bonds is 49. The molecular weight excluding hydrogens is 793 g/mol. The molecule has 64 heavy (non-hydrogen) atoms. The SMILES string of the molecule is CC\C=C/C=C\C=C/CCCCCCCC(=O)OCC(COC(=O)CCCCCCC/C=C\CCCCCCCCCCC)OC(=O)CCCCCCCCC/C=C\CCCCCC. The van der Waals surface area contributed by atoms with Gasteiger partial charge in [0.2, 0.25) is 0 Å². The van der Waals surface area contributed by atoms with E-state index in [1.54, 1.807) is 0 Å². The van der Waals surface area contributed by atoms with Crippen LogP contribution in [-0.2, 0) is 28.6 Å². The minimum atomic E-state index is -0.787. The van der Waals surface area contributed by atoms with Gasteiger partial charge in [0.25, 0.3) is 0 Å². The Morgan fingerprint density at radius 2 is 0.625 bits per heavy atom. The van der Waals surface area contributed by atoms with Gasteiger partial charge in [-0.05, 0) is 89.9 Å². The van der Waals surface area contributed by atoms with Crippen molar-refractivity contribution >= 4 is 17.9 Å². The van der Waals surface area contributed by atoms with Gasteiger partial charge < -0.3 is 14.2 Å². The molecule has 0 aromatic rings. The maximum atomic E-state index is 12.8. The molecule has 6 nitrogen and oxygen atoms in total. The zero-order valence-corrected chi connectivity index (χ0v) is 42.3. The van der Waals surface area contributed by atoms with Gasteiger partial charge in [0, 0.05) is 19.3 Å². The molecule has 0 fully saturated rings. The highest BCUT2D eigenvalue weighted by Gasteiger charge is 2.19. The summed E-state index contributed by atoms with van der Waals surface area (Å²) in [6.45, 7) is 6.48. The Labute approximate surface area is 396 Å². The maximum absolute atomic E-state index is 12.8. The summed E-state index contributed by atoms with van der Waals surface area (Å²) in [4.78, 5) is 38.0. The van der Waals surface area contributed by atoms with Crippen LogP contribution in [-0.4, -0.2) is 37.2 Å². The Bertz CT molecular complexity index is 1170. The molecular formula is C58H102O6. The van der Waals surface area contributed by atoms with E-state index in [0.29, 0.717) is 19.3 Å². The van der Waals surface area contributed by atoms with Crippen LogP contribution < -0.4 is 0 Å². The Hall–Kier alpha value is -2.89. The van der Waals surface area contributed by atoms with E-state index >= 15 is 0 Å². The van der Waals surface area contributed by atoms with Crippen molar-refractivity contribution in [2.24, 2.45) is 0 Å². The lowest BCUT2D eigenvalue weighted by Gasteiger charge is -2.18. The Kier molecular flexibility index (Phi) is 50.4. The number of ether oxygens (including phenoxy) is 3. The highest BCUT2D eigenvalue weighted by molar-refractivity contribution is 5.71. The van der Waals surface area contributed by atoms with Gasteiger partial charge in [0.05, 0.1) is 0 Å². The van der Waals surface area contributed by atoms with Crippen molar-refractivity contribution in [3.05, 3.63) is 60.8 Å². The van der Waals surface area contributed by atoms with Crippen molar-refractivity contribution < 1.29 is 28.6 Å². The average molecular weight is 895 g/mol. The first-order chi connectivity index (χ1) is 31.5. The summed E-state index contributed by atoms with van der Waals surface area (Å²) in [5.74, 6) is -0.913. The van der Waals surface area contributed by atoms with Crippen molar-refractivity contribution in [3.63, 3.8) is 0 Å². The van der Waals surface area contributed by atoms with E-state index < -0.39 is 6.10 Å². The first-order valence-electron chi connectivity index (χ1n) is 27.3. The van der Waals surface area contributed by atoms with E-state index in [-0.39, 0.29) is 31.1 Å². The zero-order chi connectivity index (χ0) is 46.5. The minimum absolute atomic E-state index is 0.0864. The van der Waals surface area contributed by atoms with Crippen LogP contribution in [0.3, 0.4) is 0 Å². The largest absolute Gasteiger partial charge is 0.462 e. The van der Waals surface area contributed by atoms with Crippen LogP contribution in [0.15, 0.2) is 60.8 Å². The standard InChI is InChI=1S/C58H102O6/c1-4-7-10-13-16-19-22-25-27-28-29-31-33-36-39-42-45-48-51-57(60)63-54-55(53-62-56(59)50-47-44-41-38-35-32-24-21-18-15-12-9-6-3)64-58(61)52-49-46-43-40-37-34-30-26-23-20-17-14-11-8-5-2/h9,12,15,18,20-21,23-24,29,31,55H,4-8,10-11,13-14,16-17,19,22,25-28,30,32-54H2,1-3H3/b12-9-,18-15-,23-20-,24-21-,31-29-. The number of hydrogen-bond donors (Lipinski definition) is 0. The number of carbonyl (C=O) groups is 3. The van der Waals surface area contributed by atoms with Crippen LogP contribution in [0.2, 0.25) is 0 Å². The number of esters is 3. The number of hydrogen-bond acceptors (Lipinski definition) is 6. The lowest BCUT2D eigenvalue weighted by Crippen LogP contribution is -2.30. The molecule has 0 aromatic heterocycles. The molecule has 0 N–H and O–H groups in total. The quantitative estimate of drug-likeness (QED) is 0.0199. The van der Waals surface area contributed by atoms with E-state index in [1.165, 1.54) is 141 Å². The van der Waals surface area contributed by atoms with Crippen molar-refractivity contribution in [1.29, 1.82) is 0 Å². The fourth-order valence-corrected chi connectivity index (χ4v) is 7.67. The van der Waals surface area contributed by atoms with Gasteiger partial charge in [0.15, 0.2) is 6.10 Å². The van der Waals surface area contributed by atoms with Gasteiger partial charge in [-0.25, -0.2) is 0 Å². The monoisotopic (exact) mass is 895 g/mol. The van der Waals surface area contributed by atoms with Crippen LogP contribution >= 0.6 is 0 Å². The second-order valence-electron chi connectivity index (χ2n) is 18.2. The van der Waals surface area contributed by atoms with Crippen LogP contribution in [0.5, 0.6) is 0 Å². The van der Waals surface area contributed by atoms with Crippen molar-refractivity contribution in [1.82, 2.24) is 0 Å². The summed E-state index contributed by atoms with van der Waals surface area (Å²) in [6.07, 6.45) is 64.9. The molecule has 6 heteroatoms. The molecule has 1 unspecified atom stereocenters. The zero-order valence-electron chi connectivity index (χ0n) is 42.3. The van der Waals surface area contributed by atoms with Gasteiger partial charge in [0.1, 0.15) is 13.2 Å². The van der Waals surface area contributed by atoms with Crippen LogP contribution in [0.4, 0.5) is 0 Å². The Balaban J connectivity index is 4.39. The lowest BCUT2D eigenvalue weighted by atomic mass is 10.1. The molecule has 0 aliphatic heterocycles. The molecule has 0 aliphatic rings. The number of unbranched alkanes of at least 4 members (excludes halogenated alkanes) is 30. The highest BCUT2D eigenvalue weighted by atomic mass is 16.6. The smallest absolute Gasteiger partial charge is 0.306 e. The third-order valence-corrected chi connectivity index (χ3v) is 11.8. The molecule has 0 aliphatic carbocycles. The molecule has 0 radical (unpaired) electrons. The first-order valence-corrected chi connectivity index (χ1v) is 27.3. The van der Waals surface area contributed by atoms with E-state index in [2.05, 4.69) is 81.5 Å². The topological polar surface area (TPSA) is 78.9 Å². The second-order valence-corrected chi connectivity index (χ2v) is 18.2. The van der Waals surface area contributed by atoms with Crippen molar-refractivity contribution in [2.45, 2.75) is 277 Å². The van der Waals surface area contributed by atoms with Gasteiger partial charge in [-0.1, -0.05) is 223 Å². The highest BCUT2D eigenvalue weighted by Crippen LogP contribution is 2.15. The molecule has 0 rings (SSSR count). The van der Waals surface area contributed by atoms with Gasteiger partial charge in [-0.3, -0.25) is 14.4 Å².